The Labute approximate surface area is 118 Å². The number of hydrogen-bond acceptors (Lipinski definition) is 4. The van der Waals surface area contributed by atoms with E-state index in [2.05, 4.69) is 4.98 Å². The van der Waals surface area contributed by atoms with Crippen LogP contribution in [0.4, 0.5) is 0 Å². The Morgan fingerprint density at radius 1 is 1.40 bits per heavy atom. The monoisotopic (exact) mass is 295 g/mol. The van der Waals surface area contributed by atoms with Crippen molar-refractivity contribution in [3.63, 3.8) is 0 Å². The van der Waals surface area contributed by atoms with Gasteiger partial charge in [0.1, 0.15) is 18.2 Å². The van der Waals surface area contributed by atoms with Gasteiger partial charge in [-0.25, -0.2) is 18.5 Å². The Balaban J connectivity index is 2.14. The SMILES string of the molecule is CCn1ccnc1COc1ccc(S(N)(=O)=O)c(C)c1. The van der Waals surface area contributed by atoms with Gasteiger partial charge in [-0.3, -0.25) is 0 Å². The van der Waals surface area contributed by atoms with Gasteiger partial charge in [0.2, 0.25) is 10.0 Å². The summed E-state index contributed by atoms with van der Waals surface area (Å²) in [6, 6.07) is 4.69. The number of imidazole rings is 1. The molecule has 20 heavy (non-hydrogen) atoms. The zero-order valence-electron chi connectivity index (χ0n) is 11.4. The lowest BCUT2D eigenvalue weighted by molar-refractivity contribution is 0.289. The molecular formula is C13H17N3O3S. The van der Waals surface area contributed by atoms with E-state index in [-0.39, 0.29) is 4.90 Å². The number of aromatic nitrogens is 2. The number of sulfonamides is 1. The molecule has 0 bridgehead atoms. The number of aryl methyl sites for hydroxylation is 2. The molecule has 1 aromatic heterocycles. The van der Waals surface area contributed by atoms with Crippen LogP contribution in [0.1, 0.15) is 18.3 Å². The molecule has 0 radical (unpaired) electrons. The van der Waals surface area contributed by atoms with E-state index >= 15 is 0 Å². The van der Waals surface area contributed by atoms with Gasteiger partial charge in [0.05, 0.1) is 4.90 Å². The normalized spacial score (nSPS) is 11.6. The van der Waals surface area contributed by atoms with Gasteiger partial charge >= 0.3 is 0 Å². The quantitative estimate of drug-likeness (QED) is 0.904. The Morgan fingerprint density at radius 2 is 2.15 bits per heavy atom. The first kappa shape index (κ1) is 14.5. The van der Waals surface area contributed by atoms with E-state index in [9.17, 15) is 8.42 Å². The average Bonchev–Trinajstić information content (AvgIpc) is 2.82. The first-order valence-electron chi connectivity index (χ1n) is 6.18. The first-order valence-corrected chi connectivity index (χ1v) is 7.72. The average molecular weight is 295 g/mol. The number of rotatable bonds is 5. The van der Waals surface area contributed by atoms with Crippen LogP contribution in [0.25, 0.3) is 0 Å². The van der Waals surface area contributed by atoms with E-state index in [1.807, 2.05) is 17.7 Å². The van der Waals surface area contributed by atoms with Crippen molar-refractivity contribution < 1.29 is 13.2 Å². The summed E-state index contributed by atoms with van der Waals surface area (Å²) in [5.41, 5.74) is 0.559. The molecule has 0 unspecified atom stereocenters. The van der Waals surface area contributed by atoms with Gasteiger partial charge in [0.15, 0.2) is 0 Å². The largest absolute Gasteiger partial charge is 0.486 e. The number of benzene rings is 1. The molecule has 0 saturated heterocycles. The van der Waals surface area contributed by atoms with Crippen molar-refractivity contribution in [2.45, 2.75) is 31.9 Å². The maximum Gasteiger partial charge on any atom is 0.238 e. The van der Waals surface area contributed by atoms with E-state index in [1.54, 1.807) is 25.3 Å². The number of nitrogens with zero attached hydrogens (tertiary/aromatic N) is 2. The lowest BCUT2D eigenvalue weighted by Gasteiger charge is -2.10. The summed E-state index contributed by atoms with van der Waals surface area (Å²) in [7, 11) is -3.69. The second kappa shape index (κ2) is 5.64. The summed E-state index contributed by atoms with van der Waals surface area (Å²) in [6.07, 6.45) is 3.60. The third-order valence-electron chi connectivity index (χ3n) is 2.96. The maximum atomic E-state index is 11.3. The highest BCUT2D eigenvalue weighted by Crippen LogP contribution is 2.20. The third kappa shape index (κ3) is 3.17. The summed E-state index contributed by atoms with van der Waals surface area (Å²) >= 11 is 0. The van der Waals surface area contributed by atoms with Gasteiger partial charge in [-0.2, -0.15) is 0 Å². The molecule has 0 fully saturated rings. The van der Waals surface area contributed by atoms with Crippen LogP contribution in [0.3, 0.4) is 0 Å². The molecule has 0 spiro atoms. The van der Waals surface area contributed by atoms with Crippen molar-refractivity contribution in [1.82, 2.24) is 9.55 Å². The zero-order valence-corrected chi connectivity index (χ0v) is 12.2. The smallest absolute Gasteiger partial charge is 0.238 e. The predicted molar refractivity (Wildman–Crippen MR) is 74.8 cm³/mol. The summed E-state index contributed by atoms with van der Waals surface area (Å²) in [5, 5.41) is 5.11. The molecule has 2 N–H and O–H groups in total. The molecule has 1 aromatic carbocycles. The molecule has 0 amide bonds. The second-order valence-electron chi connectivity index (χ2n) is 4.39. The maximum absolute atomic E-state index is 11.3. The lowest BCUT2D eigenvalue weighted by atomic mass is 10.2. The Hall–Kier alpha value is -1.86. The van der Waals surface area contributed by atoms with Gasteiger partial charge in [-0.1, -0.05) is 0 Å². The van der Waals surface area contributed by atoms with Crippen molar-refractivity contribution in [2.75, 3.05) is 0 Å². The van der Waals surface area contributed by atoms with Crippen molar-refractivity contribution in [3.8, 4) is 5.75 Å². The van der Waals surface area contributed by atoms with E-state index < -0.39 is 10.0 Å². The highest BCUT2D eigenvalue weighted by Gasteiger charge is 2.12. The van der Waals surface area contributed by atoms with E-state index in [1.165, 1.54) is 6.07 Å². The Morgan fingerprint density at radius 3 is 2.75 bits per heavy atom. The minimum atomic E-state index is -3.69. The van der Waals surface area contributed by atoms with Crippen LogP contribution >= 0.6 is 0 Å². The van der Waals surface area contributed by atoms with E-state index in [0.29, 0.717) is 17.9 Å². The molecule has 2 rings (SSSR count). The van der Waals surface area contributed by atoms with E-state index in [0.717, 1.165) is 12.4 Å². The predicted octanol–water partition coefficient (Wildman–Crippen LogP) is 1.44. The van der Waals surface area contributed by atoms with Gasteiger partial charge in [-0.15, -0.1) is 0 Å². The minimum Gasteiger partial charge on any atom is -0.486 e. The highest BCUT2D eigenvalue weighted by molar-refractivity contribution is 7.89. The van der Waals surface area contributed by atoms with E-state index in [4.69, 9.17) is 9.88 Å². The van der Waals surface area contributed by atoms with Crippen molar-refractivity contribution in [3.05, 3.63) is 42.0 Å². The third-order valence-corrected chi connectivity index (χ3v) is 4.03. The molecule has 0 saturated carbocycles. The van der Waals surface area contributed by atoms with Crippen molar-refractivity contribution >= 4 is 10.0 Å². The van der Waals surface area contributed by atoms with Gasteiger partial charge in [0, 0.05) is 18.9 Å². The molecule has 7 heteroatoms. The molecule has 0 aliphatic rings. The molecule has 1 heterocycles. The van der Waals surface area contributed by atoms with Crippen LogP contribution in [0, 0.1) is 6.92 Å². The van der Waals surface area contributed by atoms with Crippen LogP contribution in [-0.2, 0) is 23.2 Å². The molecule has 0 atom stereocenters. The van der Waals surface area contributed by atoms with Crippen molar-refractivity contribution in [2.24, 2.45) is 5.14 Å². The van der Waals surface area contributed by atoms with Crippen LogP contribution in [0.15, 0.2) is 35.5 Å². The molecule has 2 aromatic rings. The standard InChI is InChI=1S/C13H17N3O3S/c1-3-16-7-6-15-13(16)9-19-11-4-5-12(10(2)8-11)20(14,17)18/h4-8H,3,9H2,1-2H3,(H2,14,17,18). The van der Waals surface area contributed by atoms with Crippen LogP contribution in [0.5, 0.6) is 5.75 Å². The van der Waals surface area contributed by atoms with Gasteiger partial charge in [-0.05, 0) is 37.6 Å². The van der Waals surface area contributed by atoms with Crippen LogP contribution in [-0.4, -0.2) is 18.0 Å². The summed E-state index contributed by atoms with van der Waals surface area (Å²) in [6.45, 7) is 4.85. The number of ether oxygens (including phenoxy) is 1. The van der Waals surface area contributed by atoms with Crippen LogP contribution < -0.4 is 9.88 Å². The zero-order chi connectivity index (χ0) is 14.8. The van der Waals surface area contributed by atoms with Gasteiger partial charge in [0.25, 0.3) is 0 Å². The summed E-state index contributed by atoms with van der Waals surface area (Å²) in [4.78, 5) is 4.31. The highest BCUT2D eigenvalue weighted by atomic mass is 32.2. The number of hydrogen-bond donors (Lipinski definition) is 1. The summed E-state index contributed by atoms with van der Waals surface area (Å²) < 4.78 is 30.2. The molecule has 0 aliphatic heterocycles. The molecular weight excluding hydrogens is 278 g/mol. The topological polar surface area (TPSA) is 87.2 Å². The Bertz CT molecular complexity index is 707. The first-order chi connectivity index (χ1) is 9.41. The molecule has 0 aliphatic carbocycles. The fraction of sp³-hybridized carbons (Fsp3) is 0.308. The molecule has 6 nitrogen and oxygen atoms in total. The van der Waals surface area contributed by atoms with Crippen molar-refractivity contribution in [1.29, 1.82) is 0 Å². The van der Waals surface area contributed by atoms with Crippen LogP contribution in [0.2, 0.25) is 0 Å². The fourth-order valence-electron chi connectivity index (χ4n) is 1.95. The minimum absolute atomic E-state index is 0.111. The Kier molecular flexibility index (Phi) is 4.10. The van der Waals surface area contributed by atoms with Gasteiger partial charge < -0.3 is 9.30 Å². The summed E-state index contributed by atoms with van der Waals surface area (Å²) in [5.74, 6) is 1.40. The number of nitrogens with two attached hydrogens (primary N) is 1. The lowest BCUT2D eigenvalue weighted by Crippen LogP contribution is -2.13. The number of primary sulfonamides is 1. The molecule has 108 valence electrons. The fourth-order valence-corrected chi connectivity index (χ4v) is 2.71. The second-order valence-corrected chi connectivity index (χ2v) is 5.92.